The number of hydrogen-bond donors (Lipinski definition) is 1. The number of nitrogens with zero attached hydrogens (tertiary/aromatic N) is 2. The maximum atomic E-state index is 12.1. The molecule has 3 aromatic rings. The van der Waals surface area contributed by atoms with Crippen molar-refractivity contribution < 1.29 is 14.2 Å². The van der Waals surface area contributed by atoms with Gasteiger partial charge in [0.1, 0.15) is 5.75 Å². The molecular formula is C15H13N3O3S. The summed E-state index contributed by atoms with van der Waals surface area (Å²) in [6.07, 6.45) is 0.237. The Morgan fingerprint density at radius 2 is 2.09 bits per heavy atom. The molecule has 1 aromatic carbocycles. The van der Waals surface area contributed by atoms with E-state index >= 15 is 0 Å². The van der Waals surface area contributed by atoms with Gasteiger partial charge in [-0.15, -0.1) is 11.3 Å². The van der Waals surface area contributed by atoms with Gasteiger partial charge in [-0.2, -0.15) is 0 Å². The number of rotatable bonds is 5. The first kappa shape index (κ1) is 14.3. The minimum absolute atomic E-state index is 0.182. The first-order valence-electron chi connectivity index (χ1n) is 6.55. The van der Waals surface area contributed by atoms with E-state index in [1.165, 1.54) is 11.3 Å². The number of anilines is 1. The van der Waals surface area contributed by atoms with Crippen LogP contribution in [0.5, 0.6) is 5.75 Å². The fraction of sp³-hybridized carbons (Fsp3) is 0.133. The van der Waals surface area contributed by atoms with E-state index in [0.717, 1.165) is 16.2 Å². The van der Waals surface area contributed by atoms with E-state index in [4.69, 9.17) is 9.37 Å². The summed E-state index contributed by atoms with van der Waals surface area (Å²) in [5.74, 6) is 0.907. The quantitative estimate of drug-likeness (QED) is 0.783. The van der Waals surface area contributed by atoms with Gasteiger partial charge in [-0.25, -0.2) is 4.63 Å². The Morgan fingerprint density at radius 1 is 1.27 bits per heavy atom. The molecule has 3 rings (SSSR count). The van der Waals surface area contributed by atoms with E-state index in [1.54, 1.807) is 7.11 Å². The third-order valence-electron chi connectivity index (χ3n) is 3.02. The lowest BCUT2D eigenvalue weighted by Gasteiger charge is -2.04. The predicted octanol–water partition coefficient (Wildman–Crippen LogP) is 2.99. The maximum absolute atomic E-state index is 12.1. The van der Waals surface area contributed by atoms with Crippen molar-refractivity contribution in [2.75, 3.05) is 12.4 Å². The highest BCUT2D eigenvalue weighted by atomic mass is 32.1. The summed E-state index contributed by atoms with van der Waals surface area (Å²) in [6.45, 7) is 0. The molecule has 1 N–H and O–H groups in total. The summed E-state index contributed by atoms with van der Waals surface area (Å²) in [5.41, 5.74) is 1.42. The summed E-state index contributed by atoms with van der Waals surface area (Å²) in [6, 6.07) is 11.1. The van der Waals surface area contributed by atoms with Gasteiger partial charge < -0.3 is 10.1 Å². The van der Waals surface area contributed by atoms with Gasteiger partial charge in [-0.05, 0) is 39.5 Å². The smallest absolute Gasteiger partial charge is 0.230 e. The Balaban J connectivity index is 1.68. The van der Waals surface area contributed by atoms with Crippen LogP contribution < -0.4 is 10.1 Å². The van der Waals surface area contributed by atoms with Crippen LogP contribution >= 0.6 is 11.3 Å². The first-order valence-corrected chi connectivity index (χ1v) is 7.43. The van der Waals surface area contributed by atoms with Gasteiger partial charge in [0.2, 0.25) is 11.7 Å². The van der Waals surface area contributed by atoms with E-state index in [0.29, 0.717) is 11.5 Å². The average molecular weight is 315 g/mol. The van der Waals surface area contributed by atoms with Crippen LogP contribution in [-0.2, 0) is 11.2 Å². The molecule has 0 atom stereocenters. The molecule has 2 heterocycles. The van der Waals surface area contributed by atoms with Crippen molar-refractivity contribution >= 4 is 23.1 Å². The Morgan fingerprint density at radius 3 is 2.77 bits per heavy atom. The van der Waals surface area contributed by atoms with Crippen molar-refractivity contribution in [3.8, 4) is 16.3 Å². The number of carbonyl (C=O) groups excluding carboxylic acids is 1. The molecule has 0 radical (unpaired) electrons. The number of nitrogens with one attached hydrogen (secondary N) is 1. The molecule has 2 aromatic heterocycles. The zero-order valence-electron chi connectivity index (χ0n) is 11.8. The largest absolute Gasteiger partial charge is 0.497 e. The number of methoxy groups -OCH3 is 1. The van der Waals surface area contributed by atoms with E-state index in [1.807, 2.05) is 41.8 Å². The molecule has 1 amide bonds. The van der Waals surface area contributed by atoms with Gasteiger partial charge in [0.15, 0.2) is 5.69 Å². The molecule has 0 aliphatic carbocycles. The van der Waals surface area contributed by atoms with Crippen LogP contribution in [0.4, 0.5) is 5.82 Å². The second-order valence-electron chi connectivity index (χ2n) is 4.51. The zero-order chi connectivity index (χ0) is 15.4. The first-order chi connectivity index (χ1) is 10.8. The highest BCUT2D eigenvalue weighted by molar-refractivity contribution is 7.13. The van der Waals surface area contributed by atoms with E-state index < -0.39 is 0 Å². The molecule has 0 fully saturated rings. The third kappa shape index (κ3) is 3.15. The molecule has 112 valence electrons. The topological polar surface area (TPSA) is 77.2 Å². The standard InChI is InChI=1S/C15H13N3O3S/c1-20-11-6-4-10(5-7-11)9-13(19)16-15-14(17-21-18-15)12-3-2-8-22-12/h2-8H,9H2,1H3,(H,16,18,19). The fourth-order valence-corrected chi connectivity index (χ4v) is 2.66. The summed E-state index contributed by atoms with van der Waals surface area (Å²) >= 11 is 1.50. The van der Waals surface area contributed by atoms with E-state index in [2.05, 4.69) is 15.6 Å². The van der Waals surface area contributed by atoms with Crippen LogP contribution in [0.25, 0.3) is 10.6 Å². The monoisotopic (exact) mass is 315 g/mol. The molecule has 0 unspecified atom stereocenters. The van der Waals surface area contributed by atoms with Crippen LogP contribution in [0.2, 0.25) is 0 Å². The summed E-state index contributed by atoms with van der Waals surface area (Å²) in [5, 5.41) is 12.2. The SMILES string of the molecule is COc1ccc(CC(=O)Nc2nonc2-c2cccs2)cc1. The van der Waals surface area contributed by atoms with Crippen LogP contribution in [0.3, 0.4) is 0 Å². The molecule has 7 heteroatoms. The van der Waals surface area contributed by atoms with Crippen LogP contribution in [-0.4, -0.2) is 23.3 Å². The molecule has 0 saturated carbocycles. The average Bonchev–Trinajstić information content (AvgIpc) is 3.18. The van der Waals surface area contributed by atoms with Crippen LogP contribution in [0.1, 0.15) is 5.56 Å². The van der Waals surface area contributed by atoms with Gasteiger partial charge in [-0.1, -0.05) is 18.2 Å². The lowest BCUT2D eigenvalue weighted by molar-refractivity contribution is -0.115. The van der Waals surface area contributed by atoms with Crippen molar-refractivity contribution in [1.29, 1.82) is 0 Å². The van der Waals surface area contributed by atoms with E-state index in [-0.39, 0.29) is 12.3 Å². The van der Waals surface area contributed by atoms with Crippen molar-refractivity contribution in [1.82, 2.24) is 10.3 Å². The lowest BCUT2D eigenvalue weighted by Crippen LogP contribution is -2.15. The number of carbonyl (C=O) groups is 1. The Kier molecular flexibility index (Phi) is 4.15. The lowest BCUT2D eigenvalue weighted by atomic mass is 10.1. The summed E-state index contributed by atoms with van der Waals surface area (Å²) < 4.78 is 9.81. The highest BCUT2D eigenvalue weighted by Gasteiger charge is 2.15. The second kappa shape index (κ2) is 6.40. The van der Waals surface area contributed by atoms with Gasteiger partial charge in [0.05, 0.1) is 18.4 Å². The normalized spacial score (nSPS) is 10.4. The molecule has 6 nitrogen and oxygen atoms in total. The predicted molar refractivity (Wildman–Crippen MR) is 82.9 cm³/mol. The highest BCUT2D eigenvalue weighted by Crippen LogP contribution is 2.28. The number of aromatic nitrogens is 2. The Bertz CT molecular complexity index is 751. The number of amides is 1. The number of hydrogen-bond acceptors (Lipinski definition) is 6. The van der Waals surface area contributed by atoms with Crippen molar-refractivity contribution in [2.45, 2.75) is 6.42 Å². The summed E-state index contributed by atoms with van der Waals surface area (Å²) in [7, 11) is 1.60. The van der Waals surface area contributed by atoms with Crippen LogP contribution in [0.15, 0.2) is 46.4 Å². The zero-order valence-corrected chi connectivity index (χ0v) is 12.6. The summed E-state index contributed by atoms with van der Waals surface area (Å²) in [4.78, 5) is 13.0. The Hall–Kier alpha value is -2.67. The molecular weight excluding hydrogens is 302 g/mol. The fourth-order valence-electron chi connectivity index (χ4n) is 1.95. The van der Waals surface area contributed by atoms with Gasteiger partial charge in [0, 0.05) is 0 Å². The second-order valence-corrected chi connectivity index (χ2v) is 5.46. The maximum Gasteiger partial charge on any atom is 0.230 e. The molecule has 0 aliphatic heterocycles. The van der Waals surface area contributed by atoms with E-state index in [9.17, 15) is 4.79 Å². The van der Waals surface area contributed by atoms with Gasteiger partial charge >= 0.3 is 0 Å². The third-order valence-corrected chi connectivity index (χ3v) is 3.90. The van der Waals surface area contributed by atoms with Crippen LogP contribution in [0, 0.1) is 0 Å². The molecule has 0 bridgehead atoms. The number of thiophene rings is 1. The molecule has 22 heavy (non-hydrogen) atoms. The minimum Gasteiger partial charge on any atom is -0.497 e. The van der Waals surface area contributed by atoms with Crippen molar-refractivity contribution in [3.63, 3.8) is 0 Å². The van der Waals surface area contributed by atoms with Crippen molar-refractivity contribution in [2.24, 2.45) is 0 Å². The number of benzene rings is 1. The number of ether oxygens (including phenoxy) is 1. The van der Waals surface area contributed by atoms with Crippen molar-refractivity contribution in [3.05, 3.63) is 47.3 Å². The molecule has 0 aliphatic rings. The minimum atomic E-state index is -0.182. The van der Waals surface area contributed by atoms with Gasteiger partial charge in [-0.3, -0.25) is 4.79 Å². The Labute approximate surface area is 130 Å². The molecule has 0 saturated heterocycles. The molecule has 0 spiro atoms. The van der Waals surface area contributed by atoms with Gasteiger partial charge in [0.25, 0.3) is 0 Å².